The Balaban J connectivity index is 4.23. The second-order valence-corrected chi connectivity index (χ2v) is 1.76. The molecule has 74 valence electrons. The molecule has 0 aliphatic carbocycles. The molecular weight excluding hydrogens is 194 g/mol. The lowest BCUT2D eigenvalue weighted by Crippen LogP contribution is -2.40. The number of alkyl halides is 6. The van der Waals surface area contributed by atoms with Gasteiger partial charge in [-0.15, -0.1) is 0 Å². The Kier molecular flexibility index (Phi) is 3.34. The second kappa shape index (κ2) is 3.48. The molecule has 0 bridgehead atoms. The zero-order valence-electron chi connectivity index (χ0n) is 5.41. The van der Waals surface area contributed by atoms with Crippen LogP contribution < -0.4 is 0 Å². The molecular formula is C4H4F6O2. The van der Waals surface area contributed by atoms with Crippen LogP contribution >= 0.6 is 0 Å². The highest BCUT2D eigenvalue weighted by Gasteiger charge is 2.50. The minimum atomic E-state index is -5.26. The lowest BCUT2D eigenvalue weighted by Gasteiger charge is -2.21. The molecule has 0 saturated heterocycles. The molecule has 0 aliphatic heterocycles. The van der Waals surface area contributed by atoms with Crippen LogP contribution in [0.25, 0.3) is 0 Å². The van der Waals surface area contributed by atoms with Gasteiger partial charge in [-0.2, -0.15) is 17.6 Å². The van der Waals surface area contributed by atoms with E-state index in [1.807, 2.05) is 0 Å². The van der Waals surface area contributed by atoms with Gasteiger partial charge in [-0.1, -0.05) is 0 Å². The molecule has 0 saturated carbocycles. The molecule has 0 aromatic rings. The van der Waals surface area contributed by atoms with Crippen LogP contribution in [0.3, 0.4) is 0 Å². The van der Waals surface area contributed by atoms with Crippen LogP contribution in [-0.4, -0.2) is 30.4 Å². The summed E-state index contributed by atoms with van der Waals surface area (Å²) in [6, 6.07) is 0. The van der Waals surface area contributed by atoms with Crippen molar-refractivity contribution in [2.45, 2.75) is 18.6 Å². The molecule has 0 aromatic heterocycles. The molecule has 0 unspecified atom stereocenters. The van der Waals surface area contributed by atoms with Crippen molar-refractivity contribution >= 4 is 0 Å². The number of hydrogen-bond acceptors (Lipinski definition) is 2. The topological polar surface area (TPSA) is 29.5 Å². The van der Waals surface area contributed by atoms with Crippen LogP contribution in [0.15, 0.2) is 0 Å². The van der Waals surface area contributed by atoms with E-state index in [1.54, 1.807) is 0 Å². The summed E-state index contributed by atoms with van der Waals surface area (Å²) in [6.07, 6.45) is -14.3. The van der Waals surface area contributed by atoms with E-state index >= 15 is 0 Å². The van der Waals surface area contributed by atoms with Crippen LogP contribution in [0.2, 0.25) is 0 Å². The van der Waals surface area contributed by atoms with Gasteiger partial charge in [0.25, 0.3) is 0 Å². The molecule has 0 aliphatic rings. The summed E-state index contributed by atoms with van der Waals surface area (Å²) in [7, 11) is 0. The molecule has 0 atom stereocenters. The van der Waals surface area contributed by atoms with Gasteiger partial charge < -0.3 is 5.11 Å². The Hall–Kier alpha value is -0.500. The molecule has 2 nitrogen and oxygen atoms in total. The molecule has 0 aromatic carbocycles. The van der Waals surface area contributed by atoms with Crippen LogP contribution in [0.4, 0.5) is 26.3 Å². The first-order valence-electron chi connectivity index (χ1n) is 2.56. The molecule has 0 radical (unpaired) electrons. The fourth-order valence-corrected chi connectivity index (χ4v) is 0.276. The summed E-state index contributed by atoms with van der Waals surface area (Å²) in [4.78, 5) is 0. The highest BCUT2D eigenvalue weighted by atomic mass is 19.3. The average molecular weight is 198 g/mol. The normalized spacial score (nSPS) is 14.0. The van der Waals surface area contributed by atoms with Crippen LogP contribution in [0, 0.1) is 0 Å². The third-order valence-electron chi connectivity index (χ3n) is 0.724. The third kappa shape index (κ3) is 3.26. The zero-order valence-corrected chi connectivity index (χ0v) is 5.41. The molecule has 8 heteroatoms. The predicted octanol–water partition coefficient (Wildman–Crippen LogP) is 1.45. The summed E-state index contributed by atoms with van der Waals surface area (Å²) < 4.78 is 71.5. The van der Waals surface area contributed by atoms with Crippen molar-refractivity contribution in [2.75, 3.05) is 6.61 Å². The Morgan fingerprint density at radius 2 is 1.58 bits per heavy atom. The van der Waals surface area contributed by atoms with Gasteiger partial charge >= 0.3 is 18.6 Å². The quantitative estimate of drug-likeness (QED) is 0.692. The number of hydrogen-bond donors (Lipinski definition) is 1. The van der Waals surface area contributed by atoms with Crippen molar-refractivity contribution in [1.82, 2.24) is 0 Å². The smallest absolute Gasteiger partial charge is 0.387 e. The Bertz CT molecular complexity index is 146. The van der Waals surface area contributed by atoms with Gasteiger partial charge in [0.2, 0.25) is 0 Å². The van der Waals surface area contributed by atoms with Gasteiger partial charge in [0, 0.05) is 0 Å². The molecule has 1 N–H and O–H groups in total. The van der Waals surface area contributed by atoms with Gasteiger partial charge in [-0.25, -0.2) is 13.5 Å². The second-order valence-electron chi connectivity index (χ2n) is 1.76. The number of ether oxygens (including phenoxy) is 1. The maximum Gasteiger partial charge on any atom is 0.421 e. The fourth-order valence-electron chi connectivity index (χ4n) is 0.276. The summed E-state index contributed by atoms with van der Waals surface area (Å²) in [6.45, 7) is -2.09. The molecule has 0 spiro atoms. The Labute approximate surface area is 62.7 Å². The Morgan fingerprint density at radius 3 is 1.83 bits per heavy atom. The van der Waals surface area contributed by atoms with E-state index in [-0.39, 0.29) is 0 Å². The standard InChI is InChI=1S/C4H4F6O2/c5-2(6)4(9,10)12-3(7,8)1-11/h2,11H,1H2. The van der Waals surface area contributed by atoms with Gasteiger partial charge in [0.1, 0.15) is 6.61 Å². The van der Waals surface area contributed by atoms with E-state index in [4.69, 9.17) is 5.11 Å². The number of rotatable bonds is 4. The highest BCUT2D eigenvalue weighted by Crippen LogP contribution is 2.31. The lowest BCUT2D eigenvalue weighted by molar-refractivity contribution is -0.410. The van der Waals surface area contributed by atoms with Crippen molar-refractivity contribution < 1.29 is 36.2 Å². The van der Waals surface area contributed by atoms with Gasteiger partial charge in [-0.05, 0) is 0 Å². The lowest BCUT2D eigenvalue weighted by atomic mass is 10.6. The van der Waals surface area contributed by atoms with E-state index in [2.05, 4.69) is 4.74 Å². The van der Waals surface area contributed by atoms with Crippen molar-refractivity contribution in [3.8, 4) is 0 Å². The van der Waals surface area contributed by atoms with Crippen LogP contribution in [-0.2, 0) is 4.74 Å². The first-order chi connectivity index (χ1) is 5.21. The number of aliphatic hydroxyl groups excluding tert-OH is 1. The van der Waals surface area contributed by atoms with E-state index in [1.165, 1.54) is 0 Å². The molecule has 0 amide bonds. The molecule has 0 heterocycles. The average Bonchev–Trinajstić information content (AvgIpc) is 1.85. The maximum atomic E-state index is 11.7. The summed E-state index contributed by atoms with van der Waals surface area (Å²) >= 11 is 0. The van der Waals surface area contributed by atoms with E-state index in [0.29, 0.717) is 0 Å². The van der Waals surface area contributed by atoms with Crippen molar-refractivity contribution in [3.05, 3.63) is 0 Å². The Morgan fingerprint density at radius 1 is 1.17 bits per heavy atom. The van der Waals surface area contributed by atoms with E-state index in [9.17, 15) is 26.3 Å². The molecule has 0 rings (SSSR count). The first kappa shape index (κ1) is 11.5. The number of aliphatic hydroxyl groups is 1. The van der Waals surface area contributed by atoms with Crippen LogP contribution in [0.5, 0.6) is 0 Å². The van der Waals surface area contributed by atoms with Crippen molar-refractivity contribution in [2.24, 2.45) is 0 Å². The van der Waals surface area contributed by atoms with Crippen molar-refractivity contribution in [3.63, 3.8) is 0 Å². The SMILES string of the molecule is OCC(F)(F)OC(F)(F)C(F)F. The van der Waals surface area contributed by atoms with Gasteiger partial charge in [-0.3, -0.25) is 0 Å². The predicted molar refractivity (Wildman–Crippen MR) is 24.1 cm³/mol. The van der Waals surface area contributed by atoms with Crippen molar-refractivity contribution in [1.29, 1.82) is 0 Å². The summed E-state index contributed by atoms with van der Waals surface area (Å²) in [5, 5.41) is 7.69. The van der Waals surface area contributed by atoms with Gasteiger partial charge in [0.15, 0.2) is 0 Å². The first-order valence-corrected chi connectivity index (χ1v) is 2.56. The maximum absolute atomic E-state index is 11.7. The van der Waals surface area contributed by atoms with E-state index in [0.717, 1.165) is 0 Å². The minimum absolute atomic E-state index is 2.09. The summed E-state index contributed by atoms with van der Waals surface area (Å²) in [5.74, 6) is 0. The molecule has 12 heavy (non-hydrogen) atoms. The number of halogens is 6. The minimum Gasteiger partial charge on any atom is -0.387 e. The zero-order chi connectivity index (χ0) is 9.99. The van der Waals surface area contributed by atoms with Gasteiger partial charge in [0.05, 0.1) is 0 Å². The van der Waals surface area contributed by atoms with E-state index < -0.39 is 25.2 Å². The highest BCUT2D eigenvalue weighted by molar-refractivity contribution is 4.60. The molecule has 0 fully saturated rings. The monoisotopic (exact) mass is 198 g/mol. The third-order valence-corrected chi connectivity index (χ3v) is 0.724. The fraction of sp³-hybridized carbons (Fsp3) is 1.00. The van der Waals surface area contributed by atoms with Crippen LogP contribution in [0.1, 0.15) is 0 Å². The largest absolute Gasteiger partial charge is 0.421 e. The summed E-state index contributed by atoms with van der Waals surface area (Å²) in [5.41, 5.74) is 0.